The molecule has 1 aromatic heterocycles. The quantitative estimate of drug-likeness (QED) is 0.255. The molecule has 1 heterocycles. The molecule has 1 unspecified atom stereocenters. The second-order valence-corrected chi connectivity index (χ2v) is 8.38. The van der Waals surface area contributed by atoms with Crippen LogP contribution in [0.15, 0.2) is 85.2 Å². The molecule has 6 rings (SSSR count). The Morgan fingerprint density at radius 3 is 2.48 bits per heavy atom. The predicted octanol–water partition coefficient (Wildman–Crippen LogP) is 8.20. The summed E-state index contributed by atoms with van der Waals surface area (Å²) in [4.78, 5) is 4.01. The first-order valence-corrected chi connectivity index (χ1v) is 11.2. The number of hydrogen-bond acceptors (Lipinski definition) is 1. The van der Waals surface area contributed by atoms with Crippen LogP contribution in [0.2, 0.25) is 0 Å². The monoisotopic (exact) mass is 407 g/mol. The second-order valence-electron chi connectivity index (χ2n) is 8.38. The van der Waals surface area contributed by atoms with Gasteiger partial charge < -0.3 is 0 Å². The lowest BCUT2D eigenvalue weighted by atomic mass is 9.79. The maximum atomic E-state index is 13.4. The molecule has 0 aliphatic heterocycles. The van der Waals surface area contributed by atoms with Crippen LogP contribution < -0.4 is 0 Å². The topological polar surface area (TPSA) is 12.9 Å². The Bertz CT molecular complexity index is 1310. The number of aryl methyl sites for hydroxylation is 1. The van der Waals surface area contributed by atoms with Gasteiger partial charge >= 0.3 is 0 Å². The zero-order valence-electron chi connectivity index (χ0n) is 17.8. The highest BCUT2D eigenvalue weighted by Crippen LogP contribution is 2.39. The van der Waals surface area contributed by atoms with Gasteiger partial charge in [0, 0.05) is 12.4 Å². The molecule has 154 valence electrons. The van der Waals surface area contributed by atoms with Crippen molar-refractivity contribution in [1.29, 1.82) is 0 Å². The minimum atomic E-state index is -0.161. The molecule has 1 aliphatic rings. The van der Waals surface area contributed by atoms with Gasteiger partial charge in [0.25, 0.3) is 0 Å². The molecule has 0 amide bonds. The smallest absolute Gasteiger partial charge is 0.123 e. The van der Waals surface area contributed by atoms with E-state index in [4.69, 9.17) is 0 Å². The third-order valence-corrected chi connectivity index (χ3v) is 6.59. The molecule has 31 heavy (non-hydrogen) atoms. The number of nitrogens with zero attached hydrogens (tertiary/aromatic N) is 1. The van der Waals surface area contributed by atoms with Crippen LogP contribution in [-0.2, 0) is 6.42 Å². The van der Waals surface area contributed by atoms with Crippen molar-refractivity contribution < 1.29 is 4.39 Å². The van der Waals surface area contributed by atoms with Gasteiger partial charge in [-0.2, -0.15) is 0 Å². The molecule has 1 atom stereocenters. The third-order valence-electron chi connectivity index (χ3n) is 6.59. The normalized spacial score (nSPS) is 15.5. The van der Waals surface area contributed by atoms with Crippen LogP contribution in [0, 0.1) is 5.82 Å². The van der Waals surface area contributed by atoms with Crippen molar-refractivity contribution in [2.45, 2.75) is 38.5 Å². The molecular formula is C29H26FN. The number of aromatic nitrogens is 1. The molecule has 4 aromatic carbocycles. The van der Waals surface area contributed by atoms with Crippen molar-refractivity contribution >= 4 is 32.3 Å². The Kier molecular flexibility index (Phi) is 5.38. The van der Waals surface area contributed by atoms with E-state index in [1.807, 2.05) is 36.7 Å². The van der Waals surface area contributed by atoms with E-state index in [-0.39, 0.29) is 5.82 Å². The average Bonchev–Trinajstić information content (AvgIpc) is 2.83. The fraction of sp³-hybridized carbons (Fsp3) is 0.207. The highest BCUT2D eigenvalue weighted by molar-refractivity contribution is 6.08. The first kappa shape index (κ1) is 19.7. The molecule has 0 saturated carbocycles. The maximum Gasteiger partial charge on any atom is 0.123 e. The molecule has 1 nitrogen and oxygen atoms in total. The number of benzene rings is 4. The van der Waals surface area contributed by atoms with Gasteiger partial charge in [-0.25, -0.2) is 4.39 Å². The van der Waals surface area contributed by atoms with Gasteiger partial charge in [0.15, 0.2) is 0 Å². The van der Waals surface area contributed by atoms with Gasteiger partial charge in [0.1, 0.15) is 5.82 Å². The van der Waals surface area contributed by atoms with Crippen molar-refractivity contribution in [2.75, 3.05) is 0 Å². The van der Waals surface area contributed by atoms with E-state index in [0.717, 1.165) is 10.8 Å². The van der Waals surface area contributed by atoms with Gasteiger partial charge in [-0.3, -0.25) is 4.98 Å². The van der Waals surface area contributed by atoms with Crippen LogP contribution in [-0.4, -0.2) is 4.98 Å². The number of hydrogen-bond donors (Lipinski definition) is 0. The molecule has 1 aliphatic carbocycles. The Morgan fingerprint density at radius 2 is 1.65 bits per heavy atom. The van der Waals surface area contributed by atoms with E-state index in [2.05, 4.69) is 48.3 Å². The zero-order valence-corrected chi connectivity index (χ0v) is 17.8. The van der Waals surface area contributed by atoms with Crippen LogP contribution in [0.4, 0.5) is 4.39 Å². The van der Waals surface area contributed by atoms with Crippen LogP contribution in [0.25, 0.3) is 32.3 Å². The summed E-state index contributed by atoms with van der Waals surface area (Å²) in [6, 6.07) is 24.1. The third kappa shape index (κ3) is 3.79. The standard InChI is InChI=1S/C20H19F.C9H7N/c1-2-13-4-3-5-18-16(13)10-11-19-17-9-7-15(21)12-14(17)6-8-20(18)19;1-2-4-9-7-10-6-5-8(9)3-1/h6-13H,2-5H2,1H3;1-7H. The van der Waals surface area contributed by atoms with E-state index in [1.165, 1.54) is 58.4 Å². The zero-order chi connectivity index (χ0) is 21.2. The highest BCUT2D eigenvalue weighted by Gasteiger charge is 2.20. The van der Waals surface area contributed by atoms with E-state index < -0.39 is 0 Å². The molecule has 2 heteroatoms. The summed E-state index contributed by atoms with van der Waals surface area (Å²) in [6.45, 7) is 2.28. The SMILES string of the molecule is CCC1CCCc2c1ccc1c2ccc2cc(F)ccc21.c1ccc2cnccc2c1. The minimum Gasteiger partial charge on any atom is -0.264 e. The maximum absolute atomic E-state index is 13.4. The van der Waals surface area contributed by atoms with E-state index in [9.17, 15) is 4.39 Å². The molecule has 0 bridgehead atoms. The van der Waals surface area contributed by atoms with Crippen molar-refractivity contribution in [3.63, 3.8) is 0 Å². The van der Waals surface area contributed by atoms with Gasteiger partial charge in [-0.15, -0.1) is 0 Å². The lowest BCUT2D eigenvalue weighted by molar-refractivity contribution is 0.542. The second kappa shape index (κ2) is 8.47. The molecule has 0 radical (unpaired) electrons. The molecular weight excluding hydrogens is 381 g/mol. The van der Waals surface area contributed by atoms with Crippen molar-refractivity contribution in [1.82, 2.24) is 4.98 Å². The minimum absolute atomic E-state index is 0.161. The van der Waals surface area contributed by atoms with Crippen LogP contribution >= 0.6 is 0 Å². The first-order chi connectivity index (χ1) is 15.2. The van der Waals surface area contributed by atoms with Crippen molar-refractivity contribution in [3.8, 4) is 0 Å². The van der Waals surface area contributed by atoms with Crippen LogP contribution in [0.5, 0.6) is 0 Å². The van der Waals surface area contributed by atoms with Crippen LogP contribution in [0.3, 0.4) is 0 Å². The average molecular weight is 408 g/mol. The summed E-state index contributed by atoms with van der Waals surface area (Å²) < 4.78 is 13.4. The Morgan fingerprint density at radius 1 is 0.839 bits per heavy atom. The Hall–Kier alpha value is -3.26. The summed E-state index contributed by atoms with van der Waals surface area (Å²) in [5.74, 6) is 0.549. The largest absolute Gasteiger partial charge is 0.264 e. The fourth-order valence-corrected chi connectivity index (χ4v) is 4.99. The summed E-state index contributed by atoms with van der Waals surface area (Å²) in [6.07, 6.45) is 8.67. The van der Waals surface area contributed by atoms with Crippen LogP contribution in [0.1, 0.15) is 43.2 Å². The summed E-state index contributed by atoms with van der Waals surface area (Å²) in [7, 11) is 0. The van der Waals surface area contributed by atoms with Crippen molar-refractivity contribution in [2.24, 2.45) is 0 Å². The Labute approximate surface area is 182 Å². The number of pyridine rings is 1. The molecule has 0 N–H and O–H groups in total. The predicted molar refractivity (Wildman–Crippen MR) is 129 cm³/mol. The summed E-state index contributed by atoms with van der Waals surface area (Å²) >= 11 is 0. The van der Waals surface area contributed by atoms with Gasteiger partial charge in [0.2, 0.25) is 0 Å². The van der Waals surface area contributed by atoms with E-state index in [1.54, 1.807) is 12.1 Å². The molecule has 5 aromatic rings. The highest BCUT2D eigenvalue weighted by atomic mass is 19.1. The van der Waals surface area contributed by atoms with E-state index in [0.29, 0.717) is 5.92 Å². The molecule has 0 spiro atoms. The number of fused-ring (bicyclic) bond motifs is 6. The fourth-order valence-electron chi connectivity index (χ4n) is 4.99. The van der Waals surface area contributed by atoms with E-state index >= 15 is 0 Å². The van der Waals surface area contributed by atoms with Gasteiger partial charge in [0.05, 0.1) is 0 Å². The summed E-state index contributed by atoms with van der Waals surface area (Å²) in [5, 5.41) is 7.23. The number of halogens is 1. The number of rotatable bonds is 1. The lowest BCUT2D eigenvalue weighted by Gasteiger charge is -2.26. The molecule has 0 fully saturated rings. The first-order valence-electron chi connectivity index (χ1n) is 11.2. The van der Waals surface area contributed by atoms with Crippen molar-refractivity contribution in [3.05, 3.63) is 102 Å². The summed E-state index contributed by atoms with van der Waals surface area (Å²) in [5.41, 5.74) is 3.06. The van der Waals surface area contributed by atoms with Gasteiger partial charge in [-0.05, 0) is 93.2 Å². The Balaban J connectivity index is 0.000000171. The molecule has 0 saturated heterocycles. The lowest BCUT2D eigenvalue weighted by Crippen LogP contribution is -2.09. The van der Waals surface area contributed by atoms with Gasteiger partial charge in [-0.1, -0.05) is 61.5 Å².